The zero-order chi connectivity index (χ0) is 15.2. The highest BCUT2D eigenvalue weighted by Gasteiger charge is 2.25. The monoisotopic (exact) mass is 324 g/mol. The number of piperazine rings is 1. The fraction of sp³-hybridized carbons (Fsp3) is 0.812. The fourth-order valence-corrected chi connectivity index (χ4v) is 4.52. The molecule has 3 rings (SSSR count). The van der Waals surface area contributed by atoms with Crippen LogP contribution in [0.1, 0.15) is 18.5 Å². The van der Waals surface area contributed by atoms with E-state index in [9.17, 15) is 0 Å². The molecule has 3 heterocycles. The molecule has 0 N–H and O–H groups in total. The highest BCUT2D eigenvalue weighted by Crippen LogP contribution is 2.23. The number of aromatic nitrogens is 2. The topological polar surface area (TPSA) is 33.5 Å². The second-order valence-electron chi connectivity index (χ2n) is 6.23. The van der Waals surface area contributed by atoms with Crippen molar-refractivity contribution >= 4 is 11.8 Å². The first-order valence-electron chi connectivity index (χ1n) is 8.39. The second-order valence-corrected chi connectivity index (χ2v) is 7.45. The largest absolute Gasteiger partial charge is 0.383 e. The third kappa shape index (κ3) is 4.25. The van der Waals surface area contributed by atoms with E-state index >= 15 is 0 Å². The minimum absolute atomic E-state index is 0.747. The Kier molecular flexibility index (Phi) is 6.18. The Morgan fingerprint density at radius 2 is 2.00 bits per heavy atom. The number of methoxy groups -OCH3 is 1. The van der Waals surface area contributed by atoms with Crippen LogP contribution in [0.25, 0.3) is 0 Å². The van der Waals surface area contributed by atoms with Crippen molar-refractivity contribution in [3.8, 4) is 0 Å². The van der Waals surface area contributed by atoms with Crippen LogP contribution in [0.4, 0.5) is 0 Å². The molecular weight excluding hydrogens is 296 g/mol. The van der Waals surface area contributed by atoms with Crippen molar-refractivity contribution in [1.82, 2.24) is 19.4 Å². The van der Waals surface area contributed by atoms with Gasteiger partial charge in [0.05, 0.1) is 18.6 Å². The van der Waals surface area contributed by atoms with Crippen molar-refractivity contribution < 1.29 is 4.74 Å². The molecule has 0 atom stereocenters. The molecule has 0 bridgehead atoms. The number of thioether (sulfide) groups is 1. The summed E-state index contributed by atoms with van der Waals surface area (Å²) >= 11 is 2.12. The van der Waals surface area contributed by atoms with Crippen LogP contribution in [0, 0.1) is 0 Å². The minimum Gasteiger partial charge on any atom is -0.383 e. The summed E-state index contributed by atoms with van der Waals surface area (Å²) in [5.41, 5.74) is 1.31. The molecule has 0 spiro atoms. The lowest BCUT2D eigenvalue weighted by atomic mass is 10.1. The molecule has 2 fully saturated rings. The van der Waals surface area contributed by atoms with Gasteiger partial charge in [-0.1, -0.05) is 0 Å². The smallest absolute Gasteiger partial charge is 0.0949 e. The number of imidazole rings is 1. The van der Waals surface area contributed by atoms with Gasteiger partial charge in [-0.15, -0.1) is 0 Å². The van der Waals surface area contributed by atoms with Crippen LogP contribution in [0.15, 0.2) is 12.5 Å². The first kappa shape index (κ1) is 16.3. The lowest BCUT2D eigenvalue weighted by Gasteiger charge is -2.40. The summed E-state index contributed by atoms with van der Waals surface area (Å²) in [4.78, 5) is 9.58. The van der Waals surface area contributed by atoms with E-state index in [1.165, 1.54) is 56.2 Å². The van der Waals surface area contributed by atoms with Gasteiger partial charge in [-0.2, -0.15) is 11.8 Å². The van der Waals surface area contributed by atoms with E-state index in [-0.39, 0.29) is 0 Å². The molecule has 2 aliphatic rings. The number of hydrogen-bond acceptors (Lipinski definition) is 5. The molecule has 124 valence electrons. The van der Waals surface area contributed by atoms with Crippen molar-refractivity contribution in [3.63, 3.8) is 0 Å². The van der Waals surface area contributed by atoms with Gasteiger partial charge in [0.15, 0.2) is 0 Å². The van der Waals surface area contributed by atoms with Crippen molar-refractivity contribution in [1.29, 1.82) is 0 Å². The molecule has 1 aromatic rings. The van der Waals surface area contributed by atoms with Gasteiger partial charge in [-0.3, -0.25) is 9.80 Å². The zero-order valence-electron chi connectivity index (χ0n) is 13.6. The molecule has 0 amide bonds. The van der Waals surface area contributed by atoms with Crippen LogP contribution >= 0.6 is 11.8 Å². The van der Waals surface area contributed by atoms with E-state index in [1.54, 1.807) is 7.11 Å². The molecule has 0 aliphatic carbocycles. The van der Waals surface area contributed by atoms with Crippen LogP contribution in [-0.4, -0.2) is 76.8 Å². The van der Waals surface area contributed by atoms with Gasteiger partial charge in [0, 0.05) is 58.6 Å². The summed E-state index contributed by atoms with van der Waals surface area (Å²) in [5.74, 6) is 2.70. The fourth-order valence-electron chi connectivity index (χ4n) is 3.44. The highest BCUT2D eigenvalue weighted by molar-refractivity contribution is 7.99. The third-order valence-corrected chi connectivity index (χ3v) is 5.88. The molecule has 1 aromatic heterocycles. The van der Waals surface area contributed by atoms with Crippen LogP contribution in [-0.2, 0) is 17.8 Å². The van der Waals surface area contributed by atoms with Crippen LogP contribution in [0.3, 0.4) is 0 Å². The number of hydrogen-bond donors (Lipinski definition) is 0. The average molecular weight is 324 g/mol. The summed E-state index contributed by atoms with van der Waals surface area (Å²) in [6, 6.07) is 0.843. The Morgan fingerprint density at radius 1 is 1.23 bits per heavy atom. The number of nitrogens with zero attached hydrogens (tertiary/aromatic N) is 4. The first-order chi connectivity index (χ1) is 10.9. The maximum Gasteiger partial charge on any atom is 0.0949 e. The number of rotatable bonds is 6. The Morgan fingerprint density at radius 3 is 2.73 bits per heavy atom. The normalized spacial score (nSPS) is 22.2. The Hall–Kier alpha value is -0.560. The van der Waals surface area contributed by atoms with E-state index in [0.717, 1.165) is 25.7 Å². The lowest BCUT2D eigenvalue weighted by Crippen LogP contribution is -2.50. The molecule has 6 heteroatoms. The van der Waals surface area contributed by atoms with E-state index in [0.29, 0.717) is 0 Å². The highest BCUT2D eigenvalue weighted by atomic mass is 32.2. The Bertz CT molecular complexity index is 439. The van der Waals surface area contributed by atoms with Gasteiger partial charge >= 0.3 is 0 Å². The van der Waals surface area contributed by atoms with Gasteiger partial charge in [0.1, 0.15) is 0 Å². The van der Waals surface area contributed by atoms with E-state index in [2.05, 4.69) is 31.1 Å². The average Bonchev–Trinajstić information content (AvgIpc) is 3.01. The molecule has 0 radical (unpaired) electrons. The van der Waals surface area contributed by atoms with Gasteiger partial charge < -0.3 is 9.30 Å². The second kappa shape index (κ2) is 8.34. The van der Waals surface area contributed by atoms with Gasteiger partial charge in [0.25, 0.3) is 0 Å². The molecule has 0 aromatic carbocycles. The molecule has 5 nitrogen and oxygen atoms in total. The molecule has 2 aliphatic heterocycles. The summed E-state index contributed by atoms with van der Waals surface area (Å²) < 4.78 is 7.39. The molecular formula is C16H28N4OS. The third-order valence-electron chi connectivity index (χ3n) is 4.83. The maximum atomic E-state index is 5.17. The van der Waals surface area contributed by atoms with Crippen molar-refractivity contribution in [2.45, 2.75) is 32.0 Å². The molecule has 0 saturated carbocycles. The van der Waals surface area contributed by atoms with Crippen LogP contribution in [0.5, 0.6) is 0 Å². The standard InChI is InChI=1S/C16H28N4OS/c1-21-9-8-20-14-17-12-16(20)13-18-4-6-19(7-5-18)15-2-10-22-11-3-15/h12,14-15H,2-11,13H2,1H3. The summed E-state index contributed by atoms with van der Waals surface area (Å²) in [6.45, 7) is 7.46. The Labute approximate surface area is 138 Å². The van der Waals surface area contributed by atoms with Crippen LogP contribution in [0.2, 0.25) is 0 Å². The molecule has 0 unspecified atom stereocenters. The van der Waals surface area contributed by atoms with Gasteiger partial charge in [-0.25, -0.2) is 4.98 Å². The van der Waals surface area contributed by atoms with Crippen molar-refractivity contribution in [3.05, 3.63) is 18.2 Å². The summed E-state index contributed by atoms with van der Waals surface area (Å²) in [5, 5.41) is 0. The van der Waals surface area contributed by atoms with Crippen molar-refractivity contribution in [2.75, 3.05) is 51.4 Å². The SMILES string of the molecule is COCCn1cncc1CN1CCN(C2CCSCC2)CC1. The first-order valence-corrected chi connectivity index (χ1v) is 9.54. The lowest BCUT2D eigenvalue weighted by molar-refractivity contribution is 0.0862. The Balaban J connectivity index is 1.46. The van der Waals surface area contributed by atoms with Gasteiger partial charge in [-0.05, 0) is 24.3 Å². The molecule has 2 saturated heterocycles. The minimum atomic E-state index is 0.747. The summed E-state index contributed by atoms with van der Waals surface area (Å²) in [6.07, 6.45) is 6.69. The van der Waals surface area contributed by atoms with Crippen LogP contribution < -0.4 is 0 Å². The summed E-state index contributed by atoms with van der Waals surface area (Å²) in [7, 11) is 1.75. The van der Waals surface area contributed by atoms with E-state index in [1.807, 2.05) is 12.5 Å². The maximum absolute atomic E-state index is 5.17. The quantitative estimate of drug-likeness (QED) is 0.793. The van der Waals surface area contributed by atoms with Crippen molar-refractivity contribution in [2.24, 2.45) is 0 Å². The number of ether oxygens (including phenoxy) is 1. The van der Waals surface area contributed by atoms with Gasteiger partial charge in [0.2, 0.25) is 0 Å². The predicted molar refractivity (Wildman–Crippen MR) is 91.3 cm³/mol. The van der Waals surface area contributed by atoms with E-state index in [4.69, 9.17) is 4.74 Å². The molecule has 22 heavy (non-hydrogen) atoms. The van der Waals surface area contributed by atoms with E-state index < -0.39 is 0 Å². The zero-order valence-corrected chi connectivity index (χ0v) is 14.4. The predicted octanol–water partition coefficient (Wildman–Crippen LogP) is 1.54.